The lowest BCUT2D eigenvalue weighted by Crippen LogP contribution is -2.63. The largest absolute Gasteiger partial charge is 0.390 e. The number of ether oxygens (including phenoxy) is 1. The molecule has 3 aliphatic rings. The molecular formula is C30H38N2O3. The van der Waals surface area contributed by atoms with Gasteiger partial charge in [0.05, 0.1) is 18.2 Å². The molecule has 1 aromatic heterocycles. The van der Waals surface area contributed by atoms with Crippen molar-refractivity contribution in [2.24, 2.45) is 24.8 Å². The van der Waals surface area contributed by atoms with Crippen LogP contribution in [0, 0.1) is 17.8 Å². The van der Waals surface area contributed by atoms with Crippen molar-refractivity contribution >= 4 is 10.9 Å². The number of para-hydroxylation sites is 1. The van der Waals surface area contributed by atoms with Gasteiger partial charge in [-0.2, -0.15) is 0 Å². The zero-order valence-electron chi connectivity index (χ0n) is 21.0. The van der Waals surface area contributed by atoms with Crippen molar-refractivity contribution in [2.45, 2.75) is 76.7 Å². The van der Waals surface area contributed by atoms with Crippen LogP contribution >= 0.6 is 0 Å². The minimum atomic E-state index is -0.852. The Bertz CT molecular complexity index is 1190. The van der Waals surface area contributed by atoms with Gasteiger partial charge in [-0.3, -0.25) is 4.90 Å². The number of hydrogen-bond acceptors (Lipinski definition) is 4. The first-order valence-corrected chi connectivity index (χ1v) is 13.4. The van der Waals surface area contributed by atoms with E-state index in [0.29, 0.717) is 12.3 Å². The summed E-state index contributed by atoms with van der Waals surface area (Å²) >= 11 is 0. The predicted octanol–water partition coefficient (Wildman–Crippen LogP) is 4.80. The van der Waals surface area contributed by atoms with Gasteiger partial charge in [0.2, 0.25) is 0 Å². The molecule has 0 radical (unpaired) electrons. The Labute approximate surface area is 208 Å². The molecule has 3 aromatic rings. The van der Waals surface area contributed by atoms with Crippen LogP contribution in [0.5, 0.6) is 0 Å². The van der Waals surface area contributed by atoms with E-state index in [9.17, 15) is 10.2 Å². The summed E-state index contributed by atoms with van der Waals surface area (Å²) in [4.78, 5) is 2.65. The first kappa shape index (κ1) is 23.2. The maximum Gasteiger partial charge on any atom is 0.159 e. The summed E-state index contributed by atoms with van der Waals surface area (Å²) in [6, 6.07) is 19.9. The van der Waals surface area contributed by atoms with Crippen molar-refractivity contribution in [3.8, 4) is 0 Å². The molecule has 35 heavy (non-hydrogen) atoms. The van der Waals surface area contributed by atoms with E-state index >= 15 is 0 Å². The molecule has 2 aromatic carbocycles. The van der Waals surface area contributed by atoms with Crippen molar-refractivity contribution < 1.29 is 14.9 Å². The van der Waals surface area contributed by atoms with Crippen LogP contribution in [0.1, 0.15) is 56.0 Å². The number of aliphatic hydroxyl groups is 2. The SMILES string of the molecule is CCC(O)C1OC(O)C2C(C[C@H]3c4c(c5ccccc5n4C)C[C@@H]2N3Cc2ccccc2)C1CC. The van der Waals surface area contributed by atoms with E-state index in [1.807, 2.05) is 6.92 Å². The molecule has 3 aliphatic heterocycles. The van der Waals surface area contributed by atoms with E-state index in [0.717, 1.165) is 25.8 Å². The topological polar surface area (TPSA) is 57.9 Å². The lowest BCUT2D eigenvalue weighted by atomic mass is 9.62. The van der Waals surface area contributed by atoms with Crippen molar-refractivity contribution in [3.63, 3.8) is 0 Å². The molecule has 5 heteroatoms. The van der Waals surface area contributed by atoms with E-state index < -0.39 is 12.4 Å². The number of rotatable bonds is 5. The van der Waals surface area contributed by atoms with Crippen LogP contribution in [-0.2, 0) is 24.8 Å². The van der Waals surface area contributed by atoms with E-state index in [1.54, 1.807) is 0 Å². The van der Waals surface area contributed by atoms with Crippen LogP contribution in [0.15, 0.2) is 54.6 Å². The summed E-state index contributed by atoms with van der Waals surface area (Å²) in [5, 5.41) is 23.6. The van der Waals surface area contributed by atoms with E-state index in [-0.39, 0.29) is 30.0 Å². The minimum Gasteiger partial charge on any atom is -0.390 e. The van der Waals surface area contributed by atoms with Crippen molar-refractivity contribution in [2.75, 3.05) is 0 Å². The average molecular weight is 475 g/mol. The molecule has 0 amide bonds. The second-order valence-corrected chi connectivity index (χ2v) is 10.9. The number of hydrogen-bond donors (Lipinski definition) is 2. The summed E-state index contributed by atoms with van der Waals surface area (Å²) in [5.41, 5.74) is 5.47. The summed E-state index contributed by atoms with van der Waals surface area (Å²) in [7, 11) is 2.22. The lowest BCUT2D eigenvalue weighted by molar-refractivity contribution is -0.281. The highest BCUT2D eigenvalue weighted by Gasteiger charge is 2.57. The molecule has 2 N–H and O–H groups in total. The number of aryl methyl sites for hydroxylation is 1. The number of aromatic nitrogens is 1. The Balaban J connectivity index is 1.48. The fraction of sp³-hybridized carbons (Fsp3) is 0.533. The van der Waals surface area contributed by atoms with Crippen molar-refractivity contribution in [1.29, 1.82) is 0 Å². The lowest BCUT2D eigenvalue weighted by Gasteiger charge is -2.59. The molecule has 0 aliphatic carbocycles. The second-order valence-electron chi connectivity index (χ2n) is 10.9. The first-order valence-electron chi connectivity index (χ1n) is 13.4. The van der Waals surface area contributed by atoms with Crippen LogP contribution in [0.2, 0.25) is 0 Å². The van der Waals surface area contributed by atoms with Crippen LogP contribution in [-0.4, -0.2) is 44.2 Å². The van der Waals surface area contributed by atoms with E-state index in [2.05, 4.69) is 78.0 Å². The number of aliphatic hydroxyl groups excluding tert-OH is 2. The zero-order chi connectivity index (χ0) is 24.3. The highest BCUT2D eigenvalue weighted by Crippen LogP contribution is 2.55. The maximum absolute atomic E-state index is 11.4. The van der Waals surface area contributed by atoms with Gasteiger partial charge in [-0.25, -0.2) is 0 Å². The molecule has 0 saturated carbocycles. The van der Waals surface area contributed by atoms with Gasteiger partial charge < -0.3 is 19.5 Å². The van der Waals surface area contributed by atoms with Gasteiger partial charge >= 0.3 is 0 Å². The molecule has 0 spiro atoms. The fourth-order valence-electron chi connectivity index (χ4n) is 7.77. The number of fused-ring (bicyclic) bond motifs is 8. The summed E-state index contributed by atoms with van der Waals surface area (Å²) < 4.78 is 8.67. The molecule has 4 heterocycles. The number of nitrogens with zero attached hydrogens (tertiary/aromatic N) is 2. The highest BCUT2D eigenvalue weighted by atomic mass is 16.6. The minimum absolute atomic E-state index is 0.0346. The second kappa shape index (κ2) is 9.04. The molecule has 8 atom stereocenters. The first-order chi connectivity index (χ1) is 17.0. The molecule has 6 unspecified atom stereocenters. The van der Waals surface area contributed by atoms with E-state index in [4.69, 9.17) is 4.74 Å². The zero-order valence-corrected chi connectivity index (χ0v) is 21.0. The molecule has 186 valence electrons. The number of piperidine rings is 1. The van der Waals surface area contributed by atoms with Crippen molar-refractivity contribution in [1.82, 2.24) is 9.47 Å². The van der Waals surface area contributed by atoms with Crippen molar-refractivity contribution in [3.05, 3.63) is 71.4 Å². The third-order valence-electron chi connectivity index (χ3n) is 9.33. The Hall–Kier alpha value is -2.18. The molecule has 2 fully saturated rings. The number of benzene rings is 2. The van der Waals surface area contributed by atoms with Gasteiger partial charge in [-0.05, 0) is 48.3 Å². The fourth-order valence-corrected chi connectivity index (χ4v) is 7.77. The summed E-state index contributed by atoms with van der Waals surface area (Å²) in [5.74, 6) is 0.605. The summed E-state index contributed by atoms with van der Waals surface area (Å²) in [6.07, 6.45) is 1.81. The molecule has 5 nitrogen and oxygen atoms in total. The van der Waals surface area contributed by atoms with Gasteiger partial charge in [0.1, 0.15) is 0 Å². The quantitative estimate of drug-likeness (QED) is 0.558. The van der Waals surface area contributed by atoms with Gasteiger partial charge in [-0.1, -0.05) is 68.8 Å². The molecule has 2 bridgehead atoms. The Kier molecular flexibility index (Phi) is 6.00. The van der Waals surface area contributed by atoms with Gasteiger partial charge in [-0.15, -0.1) is 0 Å². The predicted molar refractivity (Wildman–Crippen MR) is 138 cm³/mol. The van der Waals surface area contributed by atoms with Gasteiger partial charge in [0.25, 0.3) is 0 Å². The molecule has 6 rings (SSSR count). The van der Waals surface area contributed by atoms with Crippen LogP contribution in [0.25, 0.3) is 10.9 Å². The normalized spacial score (nSPS) is 33.3. The van der Waals surface area contributed by atoms with Gasteiger partial charge in [0, 0.05) is 42.1 Å². The van der Waals surface area contributed by atoms with Gasteiger partial charge in [0.15, 0.2) is 6.29 Å². The van der Waals surface area contributed by atoms with Crippen LogP contribution < -0.4 is 0 Å². The van der Waals surface area contributed by atoms with E-state index in [1.165, 1.54) is 27.7 Å². The average Bonchev–Trinajstić information content (AvgIpc) is 3.15. The van der Waals surface area contributed by atoms with Crippen LogP contribution in [0.4, 0.5) is 0 Å². The summed E-state index contributed by atoms with van der Waals surface area (Å²) in [6.45, 7) is 5.08. The Morgan fingerprint density at radius 1 is 1.06 bits per heavy atom. The third kappa shape index (κ3) is 3.59. The Morgan fingerprint density at radius 3 is 2.54 bits per heavy atom. The Morgan fingerprint density at radius 2 is 1.80 bits per heavy atom. The highest BCUT2D eigenvalue weighted by molar-refractivity contribution is 5.86. The monoisotopic (exact) mass is 474 g/mol. The molecular weight excluding hydrogens is 436 g/mol. The maximum atomic E-state index is 11.4. The van der Waals surface area contributed by atoms with Crippen LogP contribution in [0.3, 0.4) is 0 Å². The standard InChI is InChI=1S/C30H38N2O3/c1-4-19-21-15-25-28-22(20-13-9-10-14-23(20)31(28)3)16-24(32(25)17-18-11-7-6-8-12-18)27(21)30(34)35-29(19)26(33)5-2/h6-14,19,21,24-27,29-30,33-34H,4-5,15-17H2,1-3H3/t19?,21?,24-,25-,26?,27?,29?,30?/m0/s1. The molecule has 2 saturated heterocycles. The third-order valence-corrected chi connectivity index (χ3v) is 9.33. The smallest absolute Gasteiger partial charge is 0.159 e.